The normalized spacial score (nSPS) is 16.1. The molecular weight excluding hydrogens is 1150 g/mol. The van der Waals surface area contributed by atoms with E-state index in [-0.39, 0.29) is 33.8 Å². The van der Waals surface area contributed by atoms with Crippen LogP contribution in [0.3, 0.4) is 0 Å². The molecule has 0 radical (unpaired) electrons. The number of fused-ring (bicyclic) bond motifs is 12. The van der Waals surface area contributed by atoms with Crippen LogP contribution in [0.2, 0.25) is 0 Å². The maximum atomic E-state index is 2.62. The molecule has 0 saturated heterocycles. The van der Waals surface area contributed by atoms with Gasteiger partial charge in [-0.05, 0) is 196 Å². The van der Waals surface area contributed by atoms with Gasteiger partial charge in [-0.3, -0.25) is 0 Å². The molecule has 0 bridgehead atoms. The topological polar surface area (TPSA) is 16.3 Å². The lowest BCUT2D eigenvalue weighted by Crippen LogP contribution is -2.61. The van der Waals surface area contributed by atoms with Crippen molar-refractivity contribution < 1.29 is 0 Å². The second-order valence-corrected chi connectivity index (χ2v) is 31.6. The predicted molar refractivity (Wildman–Crippen MR) is 405 cm³/mol. The fraction of sp³-hybridized carbons (Fsp3) is 0.200. The van der Waals surface area contributed by atoms with E-state index in [1.54, 1.807) is 0 Å². The van der Waals surface area contributed by atoms with Crippen LogP contribution in [0.5, 0.6) is 0 Å². The fourth-order valence-corrected chi connectivity index (χ4v) is 18.7. The van der Waals surface area contributed by atoms with Crippen molar-refractivity contribution in [2.45, 2.75) is 116 Å². The maximum Gasteiger partial charge on any atom is 0.252 e. The molecule has 2 aliphatic heterocycles. The Morgan fingerprint density at radius 3 is 1.13 bits per heavy atom. The maximum absolute atomic E-state index is 2.62. The zero-order valence-corrected chi connectivity index (χ0v) is 56.5. The number of hydrogen-bond donors (Lipinski definition) is 0. The summed E-state index contributed by atoms with van der Waals surface area (Å²) >= 11 is 0. The highest BCUT2D eigenvalue weighted by Gasteiger charge is 2.46. The van der Waals surface area contributed by atoms with Crippen molar-refractivity contribution >= 4 is 101 Å². The molecule has 0 atom stereocenters. The van der Waals surface area contributed by atoms with Gasteiger partial charge in [-0.1, -0.05) is 252 Å². The van der Waals surface area contributed by atoms with E-state index in [4.69, 9.17) is 0 Å². The van der Waals surface area contributed by atoms with Crippen molar-refractivity contribution in [2.24, 2.45) is 0 Å². The minimum absolute atomic E-state index is 0.0847. The van der Waals surface area contributed by atoms with E-state index in [1.807, 2.05) is 0 Å². The van der Waals surface area contributed by atoms with Gasteiger partial charge in [0.05, 0.1) is 27.8 Å². The Kier molecular flexibility index (Phi) is 12.2. The van der Waals surface area contributed by atoms with E-state index in [1.165, 1.54) is 127 Å². The van der Waals surface area contributed by atoms with Crippen molar-refractivity contribution in [3.05, 3.63) is 283 Å². The Bertz CT molecular complexity index is 5440. The number of anilines is 6. The first-order valence-electron chi connectivity index (χ1n) is 34.3. The third-order valence-electron chi connectivity index (χ3n) is 22.4. The molecule has 0 saturated carbocycles. The van der Waals surface area contributed by atoms with Crippen LogP contribution in [-0.4, -0.2) is 15.8 Å². The van der Waals surface area contributed by atoms with Gasteiger partial charge in [-0.25, -0.2) is 0 Å². The summed E-state index contributed by atoms with van der Waals surface area (Å²) in [6.45, 7) is 26.2. The third kappa shape index (κ3) is 8.66. The second-order valence-electron chi connectivity index (χ2n) is 31.6. The standard InChI is InChI=1S/C90H79BN4/c1-86(2,3)70-27-17-12-22-65(70)60-38-46-75-81(50-60)92(61-39-32-56(33-40-61)58-36-44-71-73(48-58)89(8,9)54-87(71,4)5)83-52-64(95-79-30-20-15-25-68(79)69-26-16-21-31-80(69)95)53-84-85(83)91(75)76-47-43-63(94-77-28-18-13-23-66(77)67-24-14-19-29-78(67)94)51-82(76)93(84)62-41-34-57(35-42-62)59-37-45-72-74(49-59)90(10,11)55-88(72,6)7/h12-53H,54-55H2,1-11H3. The van der Waals surface area contributed by atoms with Crippen LogP contribution in [0.4, 0.5) is 34.1 Å². The lowest BCUT2D eigenvalue weighted by Gasteiger charge is -2.45. The van der Waals surface area contributed by atoms with Crippen molar-refractivity contribution in [3.63, 3.8) is 0 Å². The number of hydrogen-bond acceptors (Lipinski definition) is 2. The van der Waals surface area contributed by atoms with E-state index < -0.39 is 0 Å². The first kappa shape index (κ1) is 57.6. The zero-order valence-electron chi connectivity index (χ0n) is 56.5. The van der Waals surface area contributed by atoms with Crippen molar-refractivity contribution in [3.8, 4) is 44.8 Å². The first-order chi connectivity index (χ1) is 45.7. The van der Waals surface area contributed by atoms with Crippen LogP contribution in [0.1, 0.15) is 117 Å². The van der Waals surface area contributed by atoms with Crippen molar-refractivity contribution in [2.75, 3.05) is 9.80 Å². The van der Waals surface area contributed by atoms with Crippen LogP contribution in [-0.2, 0) is 27.1 Å². The molecule has 2 aromatic heterocycles. The molecule has 14 aromatic rings. The molecule has 4 nitrogen and oxygen atoms in total. The summed E-state index contributed by atoms with van der Waals surface area (Å²) in [5.74, 6) is 0. The molecule has 0 unspecified atom stereocenters. The molecule has 18 rings (SSSR count). The van der Waals surface area contributed by atoms with Gasteiger partial charge in [0.2, 0.25) is 0 Å². The van der Waals surface area contributed by atoms with E-state index in [0.29, 0.717) is 0 Å². The van der Waals surface area contributed by atoms with Gasteiger partial charge in [0.25, 0.3) is 6.71 Å². The van der Waals surface area contributed by atoms with E-state index in [0.717, 1.165) is 52.7 Å². The summed E-state index contributed by atoms with van der Waals surface area (Å²) in [5, 5.41) is 4.96. The Balaban J connectivity index is 0.921. The van der Waals surface area contributed by atoms with Gasteiger partial charge in [0.1, 0.15) is 0 Å². The van der Waals surface area contributed by atoms with Crippen LogP contribution in [0.25, 0.3) is 88.4 Å². The van der Waals surface area contributed by atoms with Crippen LogP contribution < -0.4 is 26.2 Å². The summed E-state index contributed by atoms with van der Waals surface area (Å²) in [5.41, 5.74) is 32.6. The molecule has 0 N–H and O–H groups in total. The number of rotatable bonds is 7. The van der Waals surface area contributed by atoms with Gasteiger partial charge < -0.3 is 18.9 Å². The molecule has 0 spiro atoms. The summed E-state index contributed by atoms with van der Waals surface area (Å²) in [7, 11) is 0. The molecule has 12 aromatic carbocycles. The van der Waals surface area contributed by atoms with Gasteiger partial charge in [0.15, 0.2) is 0 Å². The molecular formula is C90H79BN4. The average Bonchev–Trinajstić information content (AvgIpc) is 1.43. The molecule has 462 valence electrons. The van der Waals surface area contributed by atoms with E-state index >= 15 is 0 Å². The van der Waals surface area contributed by atoms with Gasteiger partial charge >= 0.3 is 0 Å². The smallest absolute Gasteiger partial charge is 0.252 e. The highest BCUT2D eigenvalue weighted by atomic mass is 15.2. The van der Waals surface area contributed by atoms with Crippen molar-refractivity contribution in [1.29, 1.82) is 0 Å². The summed E-state index contributed by atoms with van der Waals surface area (Å²) < 4.78 is 5.02. The van der Waals surface area contributed by atoms with E-state index in [2.05, 4.69) is 350 Å². The molecule has 0 amide bonds. The summed E-state index contributed by atoms with van der Waals surface area (Å²) in [6, 6.07) is 98.3. The van der Waals surface area contributed by atoms with Crippen LogP contribution >= 0.6 is 0 Å². The molecule has 5 heteroatoms. The highest BCUT2D eigenvalue weighted by molar-refractivity contribution is 7.00. The predicted octanol–water partition coefficient (Wildman–Crippen LogP) is 22.2. The van der Waals surface area contributed by atoms with Gasteiger partial charge in [-0.2, -0.15) is 0 Å². The Hall–Kier alpha value is -10.1. The fourth-order valence-electron chi connectivity index (χ4n) is 18.7. The minimum atomic E-state index is -0.139. The number of aromatic nitrogens is 2. The van der Waals surface area contributed by atoms with Crippen molar-refractivity contribution in [1.82, 2.24) is 9.13 Å². The second kappa shape index (κ2) is 20.2. The van der Waals surface area contributed by atoms with Gasteiger partial charge in [0, 0.05) is 61.4 Å². The molecule has 0 fully saturated rings. The Labute approximate surface area is 559 Å². The third-order valence-corrected chi connectivity index (χ3v) is 22.4. The average molecular weight is 1230 g/mol. The lowest BCUT2D eigenvalue weighted by molar-refractivity contribution is 0.402. The number of nitrogens with zero attached hydrogens (tertiary/aromatic N) is 4. The number of benzene rings is 12. The lowest BCUT2D eigenvalue weighted by atomic mass is 9.33. The molecule has 4 aliphatic rings. The molecule has 4 heterocycles. The number of para-hydroxylation sites is 4. The minimum Gasteiger partial charge on any atom is -0.311 e. The van der Waals surface area contributed by atoms with Crippen LogP contribution in [0, 0.1) is 0 Å². The monoisotopic (exact) mass is 1230 g/mol. The Morgan fingerprint density at radius 1 is 0.305 bits per heavy atom. The van der Waals surface area contributed by atoms with E-state index in [9.17, 15) is 0 Å². The van der Waals surface area contributed by atoms with Gasteiger partial charge in [-0.15, -0.1) is 0 Å². The Morgan fingerprint density at radius 2 is 0.663 bits per heavy atom. The first-order valence-corrected chi connectivity index (χ1v) is 34.3. The SMILES string of the molecule is CC(C)(C)c1ccccc1-c1ccc2c(c1)N(c1ccc(-c3ccc4c(c3)C(C)(C)CC4(C)C)cc1)c1cc(-n3c4ccccc4c4ccccc43)cc3c1B2c1ccc(-n2c4ccccc4c4ccccc42)cc1N3c1ccc(-c2ccc3c(c2)C(C)(C)CC3(C)C)cc1. The largest absolute Gasteiger partial charge is 0.311 e. The molecule has 2 aliphatic carbocycles. The quantitative estimate of drug-likeness (QED) is 0.148. The zero-order chi connectivity index (χ0) is 64.8. The summed E-state index contributed by atoms with van der Waals surface area (Å²) in [4.78, 5) is 5.24. The molecule has 95 heavy (non-hydrogen) atoms. The summed E-state index contributed by atoms with van der Waals surface area (Å²) in [6.07, 6.45) is 2.27. The highest BCUT2D eigenvalue weighted by Crippen LogP contribution is 2.54. The van der Waals surface area contributed by atoms with Crippen LogP contribution in [0.15, 0.2) is 255 Å².